The predicted molar refractivity (Wildman–Crippen MR) is 88.5 cm³/mol. The Balaban J connectivity index is 1.97. The lowest BCUT2D eigenvalue weighted by atomic mass is 9.89. The standard InChI is InChI=1S/C18H30N2O/c1-3-12-20(17-8-6-16(19)7-9-17)14(2)13-15-4-10-18(21)11-5-15/h4-5,10-11,14,16-17,21H,3,6-9,12-13,19H2,1-2H3. The third-order valence-electron chi connectivity index (χ3n) is 4.73. The number of benzene rings is 1. The summed E-state index contributed by atoms with van der Waals surface area (Å²) in [5.74, 6) is 0.345. The monoisotopic (exact) mass is 290 g/mol. The Morgan fingerprint density at radius 2 is 1.81 bits per heavy atom. The van der Waals surface area contributed by atoms with E-state index in [0.717, 1.165) is 19.3 Å². The molecule has 0 heterocycles. The lowest BCUT2D eigenvalue weighted by Gasteiger charge is -2.40. The third-order valence-corrected chi connectivity index (χ3v) is 4.73. The van der Waals surface area contributed by atoms with Crippen molar-refractivity contribution >= 4 is 0 Å². The van der Waals surface area contributed by atoms with Gasteiger partial charge in [0.25, 0.3) is 0 Å². The molecular formula is C18H30N2O. The van der Waals surface area contributed by atoms with Crippen molar-refractivity contribution in [1.82, 2.24) is 4.90 Å². The molecular weight excluding hydrogens is 260 g/mol. The zero-order chi connectivity index (χ0) is 15.2. The molecule has 3 heteroatoms. The molecule has 1 aromatic rings. The number of hydrogen-bond acceptors (Lipinski definition) is 3. The summed E-state index contributed by atoms with van der Waals surface area (Å²) in [5, 5.41) is 9.39. The van der Waals surface area contributed by atoms with Gasteiger partial charge in [0.15, 0.2) is 0 Å². The molecule has 1 aliphatic rings. The fourth-order valence-electron chi connectivity index (χ4n) is 3.54. The minimum absolute atomic E-state index is 0.345. The summed E-state index contributed by atoms with van der Waals surface area (Å²) in [5.41, 5.74) is 7.34. The number of phenolic OH excluding ortho intramolecular Hbond substituents is 1. The van der Waals surface area contributed by atoms with Crippen molar-refractivity contribution in [3.05, 3.63) is 29.8 Å². The van der Waals surface area contributed by atoms with E-state index < -0.39 is 0 Å². The zero-order valence-electron chi connectivity index (χ0n) is 13.5. The van der Waals surface area contributed by atoms with E-state index in [4.69, 9.17) is 5.73 Å². The Morgan fingerprint density at radius 1 is 1.19 bits per heavy atom. The first-order chi connectivity index (χ1) is 10.1. The topological polar surface area (TPSA) is 49.5 Å². The zero-order valence-corrected chi connectivity index (χ0v) is 13.5. The van der Waals surface area contributed by atoms with Crippen molar-refractivity contribution in [2.75, 3.05) is 6.54 Å². The van der Waals surface area contributed by atoms with Gasteiger partial charge in [-0.15, -0.1) is 0 Å². The van der Waals surface area contributed by atoms with Crippen molar-refractivity contribution < 1.29 is 5.11 Å². The van der Waals surface area contributed by atoms with Crippen LogP contribution in [0.5, 0.6) is 5.75 Å². The minimum Gasteiger partial charge on any atom is -0.508 e. The molecule has 0 saturated heterocycles. The van der Waals surface area contributed by atoms with Crippen LogP contribution in [0.4, 0.5) is 0 Å². The summed E-state index contributed by atoms with van der Waals surface area (Å²) < 4.78 is 0. The van der Waals surface area contributed by atoms with Crippen molar-refractivity contribution in [2.24, 2.45) is 5.73 Å². The molecule has 1 atom stereocenters. The van der Waals surface area contributed by atoms with Crippen molar-refractivity contribution in [3.63, 3.8) is 0 Å². The van der Waals surface area contributed by atoms with E-state index in [9.17, 15) is 5.11 Å². The van der Waals surface area contributed by atoms with Gasteiger partial charge in [-0.1, -0.05) is 19.1 Å². The van der Waals surface area contributed by atoms with E-state index in [1.807, 2.05) is 12.1 Å². The largest absolute Gasteiger partial charge is 0.508 e. The van der Waals surface area contributed by atoms with Gasteiger partial charge in [0.1, 0.15) is 5.75 Å². The van der Waals surface area contributed by atoms with Gasteiger partial charge in [0, 0.05) is 18.1 Å². The van der Waals surface area contributed by atoms with Crippen LogP contribution in [0.15, 0.2) is 24.3 Å². The second-order valence-electron chi connectivity index (χ2n) is 6.53. The second-order valence-corrected chi connectivity index (χ2v) is 6.53. The van der Waals surface area contributed by atoms with E-state index in [2.05, 4.69) is 18.7 Å². The first kappa shape index (κ1) is 16.3. The molecule has 0 amide bonds. The van der Waals surface area contributed by atoms with Crippen molar-refractivity contribution in [3.8, 4) is 5.75 Å². The molecule has 0 aromatic heterocycles. The molecule has 1 unspecified atom stereocenters. The smallest absolute Gasteiger partial charge is 0.115 e. The molecule has 1 saturated carbocycles. The summed E-state index contributed by atoms with van der Waals surface area (Å²) in [6.45, 7) is 5.76. The van der Waals surface area contributed by atoms with Crippen LogP contribution in [-0.4, -0.2) is 34.7 Å². The highest BCUT2D eigenvalue weighted by molar-refractivity contribution is 5.26. The minimum atomic E-state index is 0.345. The molecule has 0 bridgehead atoms. The number of phenols is 1. The molecule has 0 aliphatic heterocycles. The molecule has 2 rings (SSSR count). The SMILES string of the molecule is CCCN(C(C)Cc1ccc(O)cc1)C1CCC(N)CC1. The lowest BCUT2D eigenvalue weighted by Crippen LogP contribution is -2.46. The van der Waals surface area contributed by atoms with Gasteiger partial charge in [-0.3, -0.25) is 4.90 Å². The Hall–Kier alpha value is -1.06. The van der Waals surface area contributed by atoms with E-state index in [1.54, 1.807) is 12.1 Å². The fraction of sp³-hybridized carbons (Fsp3) is 0.667. The van der Waals surface area contributed by atoms with Crippen molar-refractivity contribution in [2.45, 2.75) is 70.5 Å². The molecule has 0 radical (unpaired) electrons. The van der Waals surface area contributed by atoms with E-state index in [1.165, 1.54) is 31.4 Å². The molecule has 1 aliphatic carbocycles. The van der Waals surface area contributed by atoms with E-state index >= 15 is 0 Å². The first-order valence-corrected chi connectivity index (χ1v) is 8.39. The maximum atomic E-state index is 9.39. The van der Waals surface area contributed by atoms with Gasteiger partial charge in [-0.2, -0.15) is 0 Å². The normalized spacial score (nSPS) is 24.2. The average Bonchev–Trinajstić information content (AvgIpc) is 2.48. The maximum absolute atomic E-state index is 9.39. The Kier molecular flexibility index (Phi) is 6.07. The summed E-state index contributed by atoms with van der Waals surface area (Å²) in [6.07, 6.45) is 7.04. The van der Waals surface area contributed by atoms with E-state index in [-0.39, 0.29) is 0 Å². The van der Waals surface area contributed by atoms with Gasteiger partial charge in [-0.25, -0.2) is 0 Å². The number of aromatic hydroxyl groups is 1. The van der Waals surface area contributed by atoms with Gasteiger partial charge in [-0.05, 0) is 69.7 Å². The van der Waals surface area contributed by atoms with Gasteiger partial charge in [0.2, 0.25) is 0 Å². The molecule has 0 spiro atoms. The summed E-state index contributed by atoms with van der Waals surface area (Å²) >= 11 is 0. The van der Waals surface area contributed by atoms with Gasteiger partial charge in [0.05, 0.1) is 0 Å². The number of nitrogens with zero attached hydrogens (tertiary/aromatic N) is 1. The van der Waals surface area contributed by atoms with Crippen LogP contribution in [0.2, 0.25) is 0 Å². The average molecular weight is 290 g/mol. The second kappa shape index (κ2) is 7.81. The fourth-order valence-corrected chi connectivity index (χ4v) is 3.54. The van der Waals surface area contributed by atoms with Gasteiger partial charge < -0.3 is 10.8 Å². The van der Waals surface area contributed by atoms with Gasteiger partial charge >= 0.3 is 0 Å². The van der Waals surface area contributed by atoms with Crippen LogP contribution in [0.25, 0.3) is 0 Å². The molecule has 118 valence electrons. The Morgan fingerprint density at radius 3 is 2.38 bits per heavy atom. The number of nitrogens with two attached hydrogens (primary N) is 1. The van der Waals surface area contributed by atoms with Crippen molar-refractivity contribution in [1.29, 1.82) is 0 Å². The summed E-state index contributed by atoms with van der Waals surface area (Å²) in [6, 6.07) is 9.28. The molecule has 1 aromatic carbocycles. The van der Waals surface area contributed by atoms with Crippen LogP contribution in [0, 0.1) is 0 Å². The van der Waals surface area contributed by atoms with E-state index in [0.29, 0.717) is 23.9 Å². The van der Waals surface area contributed by atoms with Crippen LogP contribution in [0.3, 0.4) is 0 Å². The molecule has 21 heavy (non-hydrogen) atoms. The quantitative estimate of drug-likeness (QED) is 0.845. The number of rotatable bonds is 6. The highest BCUT2D eigenvalue weighted by Crippen LogP contribution is 2.25. The van der Waals surface area contributed by atoms with Crippen LogP contribution in [-0.2, 0) is 6.42 Å². The van der Waals surface area contributed by atoms with Crippen LogP contribution < -0.4 is 5.73 Å². The molecule has 1 fully saturated rings. The highest BCUT2D eigenvalue weighted by atomic mass is 16.3. The lowest BCUT2D eigenvalue weighted by molar-refractivity contribution is 0.107. The predicted octanol–water partition coefficient (Wildman–Crippen LogP) is 3.31. The summed E-state index contributed by atoms with van der Waals surface area (Å²) in [4.78, 5) is 2.68. The first-order valence-electron chi connectivity index (χ1n) is 8.39. The molecule has 3 N–H and O–H groups in total. The molecule has 3 nitrogen and oxygen atoms in total. The Bertz CT molecular complexity index is 410. The van der Waals surface area contributed by atoms with Crippen LogP contribution in [0.1, 0.15) is 51.5 Å². The number of hydrogen-bond donors (Lipinski definition) is 2. The highest BCUT2D eigenvalue weighted by Gasteiger charge is 2.26. The third kappa shape index (κ3) is 4.72. The maximum Gasteiger partial charge on any atom is 0.115 e. The van der Waals surface area contributed by atoms with Crippen LogP contribution >= 0.6 is 0 Å². The summed E-state index contributed by atoms with van der Waals surface area (Å²) in [7, 11) is 0. The Labute approximate surface area is 129 Å².